The van der Waals surface area contributed by atoms with Crippen LogP contribution in [0.3, 0.4) is 0 Å². The Balaban J connectivity index is 1.08. The Kier molecular flexibility index (Phi) is 5.86. The van der Waals surface area contributed by atoms with Crippen molar-refractivity contribution >= 4 is 28.6 Å². The lowest BCUT2D eigenvalue weighted by Crippen LogP contribution is -2.71. The van der Waals surface area contributed by atoms with E-state index in [4.69, 9.17) is 4.74 Å². The van der Waals surface area contributed by atoms with E-state index in [0.717, 1.165) is 17.5 Å². The number of aliphatic hydroxyl groups is 1. The number of H-pyrrole nitrogens is 1. The number of likely N-dealkylation sites (tertiary alicyclic amines) is 1. The molecular weight excluding hydrogens is 546 g/mol. The fourth-order valence-electron chi connectivity index (χ4n) is 8.65. The largest absolute Gasteiger partial charge is 0.361 e. The molecule has 4 saturated heterocycles. The number of carbonyl (C=O) groups is 3. The first kappa shape index (κ1) is 26.9. The highest BCUT2D eigenvalue weighted by molar-refractivity contribution is 5.97. The summed E-state index contributed by atoms with van der Waals surface area (Å²) in [7, 11) is 2.06. The van der Waals surface area contributed by atoms with Crippen molar-refractivity contribution in [2.45, 2.75) is 74.7 Å². The van der Waals surface area contributed by atoms with E-state index >= 15 is 0 Å². The van der Waals surface area contributed by atoms with E-state index in [0.29, 0.717) is 32.4 Å². The van der Waals surface area contributed by atoms with Crippen LogP contribution >= 0.6 is 0 Å². The fraction of sp³-hybridized carbons (Fsp3) is 0.485. The molecule has 4 fully saturated rings. The summed E-state index contributed by atoms with van der Waals surface area (Å²) < 4.78 is 6.25. The smallest absolute Gasteiger partial charge is 0.280 e. The van der Waals surface area contributed by atoms with Gasteiger partial charge in [-0.1, -0.05) is 42.5 Å². The number of piperazine rings is 1. The van der Waals surface area contributed by atoms with E-state index in [1.54, 1.807) is 4.90 Å². The quantitative estimate of drug-likeness (QED) is 0.433. The number of ether oxygens (including phenoxy) is 1. The average Bonchev–Trinajstić information content (AvgIpc) is 3.70. The van der Waals surface area contributed by atoms with E-state index in [1.807, 2.05) is 30.3 Å². The Hall–Kier alpha value is -3.73. The number of amides is 3. The second-order valence-corrected chi connectivity index (χ2v) is 13.2. The summed E-state index contributed by atoms with van der Waals surface area (Å²) in [6.45, 7) is 2.56. The molecule has 1 aromatic heterocycles. The summed E-state index contributed by atoms with van der Waals surface area (Å²) >= 11 is 0. The van der Waals surface area contributed by atoms with Gasteiger partial charge in [0.25, 0.3) is 11.8 Å². The third-order valence-electron chi connectivity index (χ3n) is 10.6. The van der Waals surface area contributed by atoms with Gasteiger partial charge in [0.2, 0.25) is 17.5 Å². The summed E-state index contributed by atoms with van der Waals surface area (Å²) in [5.41, 5.74) is 2.74. The molecule has 10 heteroatoms. The van der Waals surface area contributed by atoms with Gasteiger partial charge in [0.05, 0.1) is 5.92 Å². The molecule has 3 aromatic rings. The van der Waals surface area contributed by atoms with E-state index in [1.165, 1.54) is 28.3 Å². The van der Waals surface area contributed by atoms with Gasteiger partial charge in [0, 0.05) is 48.6 Å². The molecule has 3 N–H and O–H groups in total. The van der Waals surface area contributed by atoms with Crippen molar-refractivity contribution < 1.29 is 24.2 Å². The lowest BCUT2D eigenvalue weighted by atomic mass is 9.72. The molecule has 2 unspecified atom stereocenters. The highest BCUT2D eigenvalue weighted by Gasteiger charge is 2.70. The second-order valence-electron chi connectivity index (χ2n) is 13.2. The number of nitrogens with one attached hydrogen (secondary N) is 2. The monoisotopic (exact) mass is 583 g/mol. The van der Waals surface area contributed by atoms with Gasteiger partial charge < -0.3 is 25.2 Å². The number of hydrogen-bond donors (Lipinski definition) is 3. The highest BCUT2D eigenvalue weighted by Crippen LogP contribution is 2.47. The number of benzene rings is 2. The third-order valence-corrected chi connectivity index (χ3v) is 10.6. The summed E-state index contributed by atoms with van der Waals surface area (Å²) in [5, 5.41) is 16.2. The van der Waals surface area contributed by atoms with Gasteiger partial charge in [-0.25, -0.2) is 0 Å². The van der Waals surface area contributed by atoms with Crippen LogP contribution in [0.1, 0.15) is 48.8 Å². The van der Waals surface area contributed by atoms with Crippen LogP contribution in [0, 0.1) is 5.92 Å². The van der Waals surface area contributed by atoms with Crippen molar-refractivity contribution in [3.8, 4) is 0 Å². The van der Waals surface area contributed by atoms with Crippen molar-refractivity contribution in [3.63, 3.8) is 0 Å². The molecular formula is C33H37N5O5. The van der Waals surface area contributed by atoms with Gasteiger partial charge in [-0.3, -0.25) is 24.0 Å². The van der Waals surface area contributed by atoms with Crippen LogP contribution in [0.2, 0.25) is 0 Å². The lowest BCUT2D eigenvalue weighted by Gasteiger charge is -2.48. The zero-order valence-electron chi connectivity index (χ0n) is 24.5. The van der Waals surface area contributed by atoms with Crippen molar-refractivity contribution in [2.24, 2.45) is 5.92 Å². The molecule has 8 rings (SSSR count). The van der Waals surface area contributed by atoms with E-state index in [2.05, 4.69) is 46.6 Å². The second kappa shape index (κ2) is 9.38. The number of aromatic nitrogens is 1. The minimum Gasteiger partial charge on any atom is -0.361 e. The van der Waals surface area contributed by atoms with Crippen LogP contribution in [-0.4, -0.2) is 92.4 Å². The van der Waals surface area contributed by atoms with Crippen molar-refractivity contribution in [2.75, 3.05) is 20.1 Å². The number of hydrogen-bond acceptors (Lipinski definition) is 6. The molecule has 7 atom stereocenters. The maximum Gasteiger partial charge on any atom is 0.280 e. The van der Waals surface area contributed by atoms with Crippen LogP contribution in [0.4, 0.5) is 0 Å². The molecule has 5 heterocycles. The Morgan fingerprint density at radius 3 is 2.79 bits per heavy atom. The molecule has 0 spiro atoms. The average molecular weight is 584 g/mol. The summed E-state index contributed by atoms with van der Waals surface area (Å²) in [5.74, 6) is -3.31. The van der Waals surface area contributed by atoms with Crippen LogP contribution in [0.25, 0.3) is 10.9 Å². The molecule has 0 saturated carbocycles. The number of aromatic amines is 1. The topological polar surface area (TPSA) is 118 Å². The normalized spacial score (nSPS) is 35.2. The first-order valence-corrected chi connectivity index (χ1v) is 15.4. The van der Waals surface area contributed by atoms with Gasteiger partial charge in [0.15, 0.2) is 0 Å². The standard InChI is InChI=1S/C33H37N5O5/c1-32(35-29(39)21-15-23-22-10-6-11-24-28(22)20(17-34-24)16-25(23)36(2)18-21)31(41)38-26(14-19-8-4-3-5-9-19)30(40)37-13-7-12-27(37)33(38,42)43-32/h3-6,8-11,17,21,23,25-27,34,42H,7,12-16,18H2,1-2H3,(H,35,39)/t21-,23?,25-,26+,27+,32-,33?/m1/s1. The van der Waals surface area contributed by atoms with Gasteiger partial charge in [0.1, 0.15) is 12.1 Å². The van der Waals surface area contributed by atoms with E-state index in [-0.39, 0.29) is 36.1 Å². The maximum atomic E-state index is 14.2. The van der Waals surface area contributed by atoms with Crippen LogP contribution < -0.4 is 5.32 Å². The molecule has 2 aromatic carbocycles. The molecule has 43 heavy (non-hydrogen) atoms. The number of fused-ring (bicyclic) bond motifs is 5. The predicted octanol–water partition coefficient (Wildman–Crippen LogP) is 2.08. The number of rotatable bonds is 4. The number of carbonyl (C=O) groups excluding carboxylic acids is 3. The van der Waals surface area contributed by atoms with Crippen LogP contribution in [-0.2, 0) is 32.0 Å². The molecule has 0 bridgehead atoms. The molecule has 0 radical (unpaired) electrons. The Bertz CT molecular complexity index is 1640. The SMILES string of the molecule is CN1C[C@H](C(=O)N[C@]2(C)OC3(O)[C@@H]4CCCN4C(=O)[C@H](Cc4ccccc4)N3C2=O)CC2c3cccc4[nH]cc(c34)C[C@H]21. The molecule has 1 aliphatic carbocycles. The fourth-order valence-corrected chi connectivity index (χ4v) is 8.65. The van der Waals surface area contributed by atoms with Crippen LogP contribution in [0.15, 0.2) is 54.7 Å². The highest BCUT2D eigenvalue weighted by atomic mass is 16.7. The van der Waals surface area contributed by atoms with Gasteiger partial charge in [-0.05, 0) is 62.4 Å². The van der Waals surface area contributed by atoms with Gasteiger partial charge >= 0.3 is 0 Å². The predicted molar refractivity (Wildman–Crippen MR) is 157 cm³/mol. The Labute approximate surface area is 250 Å². The third kappa shape index (κ3) is 3.86. The minimum atomic E-state index is -2.03. The Morgan fingerprint density at radius 2 is 1.98 bits per heavy atom. The van der Waals surface area contributed by atoms with E-state index < -0.39 is 29.6 Å². The van der Waals surface area contributed by atoms with E-state index in [9.17, 15) is 19.5 Å². The summed E-state index contributed by atoms with van der Waals surface area (Å²) in [4.78, 5) is 50.4. The molecule has 5 aliphatic rings. The lowest BCUT2D eigenvalue weighted by molar-refractivity contribution is -0.315. The Morgan fingerprint density at radius 1 is 1.16 bits per heavy atom. The van der Waals surface area contributed by atoms with Crippen LogP contribution in [0.5, 0.6) is 0 Å². The number of piperidine rings is 1. The molecule has 4 aliphatic heterocycles. The first-order chi connectivity index (χ1) is 20.7. The summed E-state index contributed by atoms with van der Waals surface area (Å²) in [6.07, 6.45) is 5.13. The van der Waals surface area contributed by atoms with Crippen molar-refractivity contribution in [1.82, 2.24) is 25.0 Å². The molecule has 10 nitrogen and oxygen atoms in total. The van der Waals surface area contributed by atoms with Crippen molar-refractivity contribution in [3.05, 3.63) is 71.4 Å². The minimum absolute atomic E-state index is 0.171. The zero-order valence-corrected chi connectivity index (χ0v) is 24.5. The molecule has 3 amide bonds. The van der Waals surface area contributed by atoms with Gasteiger partial charge in [-0.15, -0.1) is 0 Å². The van der Waals surface area contributed by atoms with Gasteiger partial charge in [-0.2, -0.15) is 0 Å². The maximum absolute atomic E-state index is 14.2. The number of likely N-dealkylation sites (N-methyl/N-ethyl adjacent to an activating group) is 1. The summed E-state index contributed by atoms with van der Waals surface area (Å²) in [6, 6.07) is 14.4. The first-order valence-electron chi connectivity index (χ1n) is 15.4. The number of nitrogens with zero attached hydrogens (tertiary/aromatic N) is 3. The zero-order chi connectivity index (χ0) is 29.7. The molecule has 224 valence electrons. The van der Waals surface area contributed by atoms with Crippen molar-refractivity contribution in [1.29, 1.82) is 0 Å².